The molecule has 1 saturated heterocycles. The molecule has 1 unspecified atom stereocenters. The van der Waals surface area contributed by atoms with E-state index in [1.807, 2.05) is 4.90 Å². The smallest absolute Gasteiger partial charge is 0.257 e. The standard InChI is InChI=1S/C15H20BrNO3/c1-19-12-3-4-14(20-2)13(9-12)15(18)17-8-6-11(10-17)5-7-16/h3-4,9,11H,5-8,10H2,1-2H3. The number of carbonyl (C=O) groups excluding carboxylic acids is 1. The first kappa shape index (κ1) is 15.2. The average molecular weight is 342 g/mol. The molecule has 2 rings (SSSR count). The van der Waals surface area contributed by atoms with Gasteiger partial charge in [0.15, 0.2) is 0 Å². The van der Waals surface area contributed by atoms with Crippen molar-refractivity contribution in [1.82, 2.24) is 4.90 Å². The molecule has 1 heterocycles. The molecule has 0 spiro atoms. The second-order valence-corrected chi connectivity index (χ2v) is 5.74. The minimum Gasteiger partial charge on any atom is -0.497 e. The molecule has 0 aliphatic carbocycles. The molecule has 1 aromatic rings. The van der Waals surface area contributed by atoms with Crippen LogP contribution in [0.2, 0.25) is 0 Å². The van der Waals surface area contributed by atoms with E-state index in [1.165, 1.54) is 0 Å². The van der Waals surface area contributed by atoms with E-state index in [4.69, 9.17) is 9.47 Å². The lowest BCUT2D eigenvalue weighted by Crippen LogP contribution is -2.29. The molecular weight excluding hydrogens is 322 g/mol. The molecule has 0 N–H and O–H groups in total. The molecule has 1 amide bonds. The van der Waals surface area contributed by atoms with Crippen LogP contribution in [0.15, 0.2) is 18.2 Å². The largest absolute Gasteiger partial charge is 0.497 e. The molecule has 110 valence electrons. The van der Waals surface area contributed by atoms with Crippen molar-refractivity contribution in [2.45, 2.75) is 12.8 Å². The van der Waals surface area contributed by atoms with Gasteiger partial charge in [0.1, 0.15) is 11.5 Å². The summed E-state index contributed by atoms with van der Waals surface area (Å²) in [6, 6.07) is 5.32. The highest BCUT2D eigenvalue weighted by molar-refractivity contribution is 9.09. The van der Waals surface area contributed by atoms with Crippen LogP contribution < -0.4 is 9.47 Å². The first-order valence-corrected chi connectivity index (χ1v) is 7.89. The normalized spacial score (nSPS) is 18.1. The molecule has 0 bridgehead atoms. The maximum Gasteiger partial charge on any atom is 0.257 e. The lowest BCUT2D eigenvalue weighted by atomic mass is 10.1. The van der Waals surface area contributed by atoms with Gasteiger partial charge in [0.25, 0.3) is 5.91 Å². The van der Waals surface area contributed by atoms with Crippen molar-refractivity contribution in [1.29, 1.82) is 0 Å². The lowest BCUT2D eigenvalue weighted by Gasteiger charge is -2.18. The van der Waals surface area contributed by atoms with Gasteiger partial charge in [-0.15, -0.1) is 0 Å². The van der Waals surface area contributed by atoms with Crippen LogP contribution in [-0.2, 0) is 0 Å². The minimum absolute atomic E-state index is 0.0258. The highest BCUT2D eigenvalue weighted by Crippen LogP contribution is 2.28. The number of hydrogen-bond donors (Lipinski definition) is 0. The summed E-state index contributed by atoms with van der Waals surface area (Å²) in [5, 5.41) is 0.988. The van der Waals surface area contributed by atoms with Crippen LogP contribution in [0.25, 0.3) is 0 Å². The summed E-state index contributed by atoms with van der Waals surface area (Å²) in [7, 11) is 3.17. The maximum absolute atomic E-state index is 12.6. The number of halogens is 1. The predicted molar refractivity (Wildman–Crippen MR) is 82.0 cm³/mol. The van der Waals surface area contributed by atoms with Gasteiger partial charge in [-0.05, 0) is 37.0 Å². The van der Waals surface area contributed by atoms with E-state index in [2.05, 4.69) is 15.9 Å². The fourth-order valence-electron chi connectivity index (χ4n) is 2.56. The van der Waals surface area contributed by atoms with E-state index in [9.17, 15) is 4.79 Å². The third kappa shape index (κ3) is 3.26. The van der Waals surface area contributed by atoms with E-state index in [0.717, 1.165) is 31.3 Å². The van der Waals surface area contributed by atoms with Gasteiger partial charge >= 0.3 is 0 Å². The molecule has 5 heteroatoms. The fourth-order valence-corrected chi connectivity index (χ4v) is 3.21. The number of hydrogen-bond acceptors (Lipinski definition) is 3. The van der Waals surface area contributed by atoms with Crippen molar-refractivity contribution in [3.05, 3.63) is 23.8 Å². The Balaban J connectivity index is 2.16. The van der Waals surface area contributed by atoms with Gasteiger partial charge in [-0.3, -0.25) is 4.79 Å². The predicted octanol–water partition coefficient (Wildman–Crippen LogP) is 2.95. The van der Waals surface area contributed by atoms with Crippen molar-refractivity contribution < 1.29 is 14.3 Å². The Labute approximate surface area is 128 Å². The molecule has 1 aromatic carbocycles. The van der Waals surface area contributed by atoms with Gasteiger partial charge < -0.3 is 14.4 Å². The summed E-state index contributed by atoms with van der Waals surface area (Å²) in [4.78, 5) is 14.5. The Morgan fingerprint density at radius 3 is 2.85 bits per heavy atom. The van der Waals surface area contributed by atoms with Gasteiger partial charge in [-0.1, -0.05) is 15.9 Å². The molecule has 20 heavy (non-hydrogen) atoms. The van der Waals surface area contributed by atoms with Gasteiger partial charge in [0, 0.05) is 18.4 Å². The Morgan fingerprint density at radius 1 is 1.40 bits per heavy atom. The van der Waals surface area contributed by atoms with Crippen LogP contribution in [0, 0.1) is 5.92 Å². The monoisotopic (exact) mass is 341 g/mol. The lowest BCUT2D eigenvalue weighted by molar-refractivity contribution is 0.0783. The number of amides is 1. The Hall–Kier alpha value is -1.23. The zero-order chi connectivity index (χ0) is 14.5. The number of methoxy groups -OCH3 is 2. The van der Waals surface area contributed by atoms with Crippen LogP contribution in [0.1, 0.15) is 23.2 Å². The van der Waals surface area contributed by atoms with Gasteiger partial charge in [-0.25, -0.2) is 0 Å². The first-order chi connectivity index (χ1) is 9.69. The van der Waals surface area contributed by atoms with E-state index in [0.29, 0.717) is 23.0 Å². The molecule has 1 aliphatic rings. The number of carbonyl (C=O) groups is 1. The van der Waals surface area contributed by atoms with Crippen LogP contribution in [0.5, 0.6) is 11.5 Å². The zero-order valence-electron chi connectivity index (χ0n) is 11.9. The second-order valence-electron chi connectivity index (χ2n) is 4.95. The van der Waals surface area contributed by atoms with Crippen LogP contribution in [0.4, 0.5) is 0 Å². The molecule has 0 radical (unpaired) electrons. The molecule has 0 saturated carbocycles. The Kier molecular flexibility index (Phi) is 5.29. The number of alkyl halides is 1. The minimum atomic E-state index is 0.0258. The number of ether oxygens (including phenoxy) is 2. The second kappa shape index (κ2) is 6.97. The van der Waals surface area contributed by atoms with Crippen LogP contribution in [-0.4, -0.2) is 43.4 Å². The maximum atomic E-state index is 12.6. The highest BCUT2D eigenvalue weighted by atomic mass is 79.9. The van der Waals surface area contributed by atoms with E-state index in [-0.39, 0.29) is 5.91 Å². The number of rotatable bonds is 5. The average Bonchev–Trinajstić information content (AvgIpc) is 2.94. The van der Waals surface area contributed by atoms with Crippen LogP contribution in [0.3, 0.4) is 0 Å². The Morgan fingerprint density at radius 2 is 2.20 bits per heavy atom. The topological polar surface area (TPSA) is 38.8 Å². The van der Waals surface area contributed by atoms with E-state index in [1.54, 1.807) is 32.4 Å². The zero-order valence-corrected chi connectivity index (χ0v) is 13.5. The van der Waals surface area contributed by atoms with Crippen molar-refractivity contribution in [3.8, 4) is 11.5 Å². The highest BCUT2D eigenvalue weighted by Gasteiger charge is 2.28. The van der Waals surface area contributed by atoms with Crippen molar-refractivity contribution in [2.75, 3.05) is 32.6 Å². The number of likely N-dealkylation sites (tertiary alicyclic amines) is 1. The van der Waals surface area contributed by atoms with Gasteiger partial charge in [0.2, 0.25) is 0 Å². The summed E-state index contributed by atoms with van der Waals surface area (Å²) in [5.74, 6) is 1.89. The van der Waals surface area contributed by atoms with Crippen molar-refractivity contribution >= 4 is 21.8 Å². The summed E-state index contributed by atoms with van der Waals surface area (Å²) < 4.78 is 10.5. The third-order valence-electron chi connectivity index (χ3n) is 3.73. The number of nitrogens with zero attached hydrogens (tertiary/aromatic N) is 1. The molecule has 4 nitrogen and oxygen atoms in total. The summed E-state index contributed by atoms with van der Waals surface area (Å²) in [5.41, 5.74) is 0.575. The van der Waals surface area contributed by atoms with Crippen molar-refractivity contribution in [3.63, 3.8) is 0 Å². The molecule has 1 fully saturated rings. The molecular formula is C15H20BrNO3. The Bertz CT molecular complexity index is 478. The van der Waals surface area contributed by atoms with Gasteiger partial charge in [-0.2, -0.15) is 0 Å². The molecule has 1 atom stereocenters. The SMILES string of the molecule is COc1ccc(OC)c(C(=O)N2CCC(CCBr)C2)c1. The summed E-state index contributed by atoms with van der Waals surface area (Å²) >= 11 is 3.46. The first-order valence-electron chi connectivity index (χ1n) is 6.76. The molecule has 0 aromatic heterocycles. The van der Waals surface area contributed by atoms with Crippen molar-refractivity contribution in [2.24, 2.45) is 5.92 Å². The van der Waals surface area contributed by atoms with Gasteiger partial charge in [0.05, 0.1) is 19.8 Å². The van der Waals surface area contributed by atoms with Crippen LogP contribution >= 0.6 is 15.9 Å². The fraction of sp³-hybridized carbons (Fsp3) is 0.533. The third-order valence-corrected chi connectivity index (χ3v) is 4.19. The number of benzene rings is 1. The summed E-state index contributed by atoms with van der Waals surface area (Å²) in [6.07, 6.45) is 2.18. The summed E-state index contributed by atoms with van der Waals surface area (Å²) in [6.45, 7) is 1.64. The van der Waals surface area contributed by atoms with E-state index < -0.39 is 0 Å². The molecule has 1 aliphatic heterocycles. The van der Waals surface area contributed by atoms with E-state index >= 15 is 0 Å². The quantitative estimate of drug-likeness (QED) is 0.773.